The van der Waals surface area contributed by atoms with Crippen molar-refractivity contribution in [3.8, 4) is 0 Å². The number of nitrogens with two attached hydrogens (primary N) is 1. The van der Waals surface area contributed by atoms with E-state index in [1.807, 2.05) is 0 Å². The SMILES string of the molecule is CCC(C)N1CCCC(CN)C1. The van der Waals surface area contributed by atoms with Crippen LogP contribution in [-0.4, -0.2) is 30.6 Å². The topological polar surface area (TPSA) is 29.3 Å². The Labute approximate surface area is 76.1 Å². The van der Waals surface area contributed by atoms with Crippen LogP contribution in [0.3, 0.4) is 0 Å². The Morgan fingerprint density at radius 1 is 1.58 bits per heavy atom. The molecule has 12 heavy (non-hydrogen) atoms. The summed E-state index contributed by atoms with van der Waals surface area (Å²) in [6, 6.07) is 0.749. The van der Waals surface area contributed by atoms with Crippen LogP contribution in [0.1, 0.15) is 33.1 Å². The number of likely N-dealkylation sites (tertiary alicyclic amines) is 1. The van der Waals surface area contributed by atoms with Crippen molar-refractivity contribution in [2.75, 3.05) is 19.6 Å². The lowest BCUT2D eigenvalue weighted by Crippen LogP contribution is -2.42. The lowest BCUT2D eigenvalue weighted by atomic mass is 9.97. The molecular weight excluding hydrogens is 148 g/mol. The maximum Gasteiger partial charge on any atom is 0.00644 e. The minimum atomic E-state index is 0.749. The van der Waals surface area contributed by atoms with Crippen LogP contribution >= 0.6 is 0 Å². The highest BCUT2D eigenvalue weighted by Crippen LogP contribution is 2.18. The molecule has 2 heteroatoms. The van der Waals surface area contributed by atoms with Crippen LogP contribution < -0.4 is 5.73 Å². The Balaban J connectivity index is 2.34. The van der Waals surface area contributed by atoms with Crippen LogP contribution in [-0.2, 0) is 0 Å². The van der Waals surface area contributed by atoms with Crippen LogP contribution in [0.25, 0.3) is 0 Å². The molecule has 72 valence electrons. The van der Waals surface area contributed by atoms with Crippen molar-refractivity contribution >= 4 is 0 Å². The summed E-state index contributed by atoms with van der Waals surface area (Å²) < 4.78 is 0. The van der Waals surface area contributed by atoms with Crippen LogP contribution in [0, 0.1) is 5.92 Å². The van der Waals surface area contributed by atoms with Gasteiger partial charge in [0.2, 0.25) is 0 Å². The molecule has 0 spiro atoms. The predicted octanol–water partition coefficient (Wildman–Crippen LogP) is 1.46. The fourth-order valence-corrected chi connectivity index (χ4v) is 1.95. The number of piperidine rings is 1. The summed E-state index contributed by atoms with van der Waals surface area (Å²) in [6.45, 7) is 7.96. The second kappa shape index (κ2) is 4.83. The number of nitrogens with zero attached hydrogens (tertiary/aromatic N) is 1. The molecule has 1 saturated heterocycles. The molecule has 1 rings (SSSR count). The van der Waals surface area contributed by atoms with Gasteiger partial charge >= 0.3 is 0 Å². The molecule has 0 aromatic heterocycles. The summed E-state index contributed by atoms with van der Waals surface area (Å²) in [4.78, 5) is 2.58. The first-order chi connectivity index (χ1) is 5.77. The van der Waals surface area contributed by atoms with Gasteiger partial charge in [-0.2, -0.15) is 0 Å². The second-order valence-electron chi connectivity index (χ2n) is 4.00. The van der Waals surface area contributed by atoms with Gasteiger partial charge in [0.15, 0.2) is 0 Å². The number of hydrogen-bond donors (Lipinski definition) is 1. The first-order valence-corrected chi connectivity index (χ1v) is 5.22. The molecule has 0 radical (unpaired) electrons. The minimum absolute atomic E-state index is 0.749. The zero-order valence-corrected chi connectivity index (χ0v) is 8.42. The van der Waals surface area contributed by atoms with Crippen molar-refractivity contribution in [1.29, 1.82) is 0 Å². The van der Waals surface area contributed by atoms with E-state index in [2.05, 4.69) is 18.7 Å². The third kappa shape index (κ3) is 2.46. The average molecular weight is 170 g/mol. The molecule has 0 aromatic rings. The molecule has 1 aliphatic rings. The largest absolute Gasteiger partial charge is 0.330 e. The Morgan fingerprint density at radius 3 is 2.92 bits per heavy atom. The molecule has 1 fully saturated rings. The Morgan fingerprint density at radius 2 is 2.33 bits per heavy atom. The summed E-state index contributed by atoms with van der Waals surface area (Å²) in [6.07, 6.45) is 3.94. The van der Waals surface area contributed by atoms with Crippen LogP contribution in [0.15, 0.2) is 0 Å². The first kappa shape index (κ1) is 10.0. The van der Waals surface area contributed by atoms with Gasteiger partial charge in [-0.1, -0.05) is 6.92 Å². The lowest BCUT2D eigenvalue weighted by Gasteiger charge is -2.36. The van der Waals surface area contributed by atoms with Crippen molar-refractivity contribution in [3.63, 3.8) is 0 Å². The maximum absolute atomic E-state index is 5.68. The molecule has 2 N–H and O–H groups in total. The van der Waals surface area contributed by atoms with Gasteiger partial charge in [-0.15, -0.1) is 0 Å². The molecule has 0 bridgehead atoms. The van der Waals surface area contributed by atoms with Gasteiger partial charge in [-0.05, 0) is 45.2 Å². The normalized spacial score (nSPS) is 28.8. The van der Waals surface area contributed by atoms with Gasteiger partial charge in [0.1, 0.15) is 0 Å². The Bertz CT molecular complexity index is 123. The minimum Gasteiger partial charge on any atom is -0.330 e. The maximum atomic E-state index is 5.68. The third-order valence-corrected chi connectivity index (χ3v) is 3.10. The lowest BCUT2D eigenvalue weighted by molar-refractivity contribution is 0.132. The monoisotopic (exact) mass is 170 g/mol. The molecule has 0 saturated carbocycles. The van der Waals surface area contributed by atoms with Gasteiger partial charge in [0.05, 0.1) is 0 Å². The van der Waals surface area contributed by atoms with Gasteiger partial charge in [0.25, 0.3) is 0 Å². The average Bonchev–Trinajstić information content (AvgIpc) is 2.17. The summed E-state index contributed by atoms with van der Waals surface area (Å²) in [5, 5.41) is 0. The zero-order valence-electron chi connectivity index (χ0n) is 8.42. The van der Waals surface area contributed by atoms with Crippen molar-refractivity contribution < 1.29 is 0 Å². The highest BCUT2D eigenvalue weighted by Gasteiger charge is 2.21. The van der Waals surface area contributed by atoms with E-state index in [9.17, 15) is 0 Å². The van der Waals surface area contributed by atoms with E-state index in [4.69, 9.17) is 5.73 Å². The van der Waals surface area contributed by atoms with Crippen molar-refractivity contribution in [2.24, 2.45) is 11.7 Å². The molecule has 2 unspecified atom stereocenters. The molecule has 0 amide bonds. The zero-order chi connectivity index (χ0) is 8.97. The van der Waals surface area contributed by atoms with Crippen molar-refractivity contribution in [2.45, 2.75) is 39.2 Å². The van der Waals surface area contributed by atoms with Crippen LogP contribution in [0.2, 0.25) is 0 Å². The molecule has 1 heterocycles. The van der Waals surface area contributed by atoms with E-state index in [1.54, 1.807) is 0 Å². The molecule has 1 aliphatic heterocycles. The van der Waals surface area contributed by atoms with Gasteiger partial charge in [-0.3, -0.25) is 0 Å². The quantitative estimate of drug-likeness (QED) is 0.694. The molecule has 2 nitrogen and oxygen atoms in total. The van der Waals surface area contributed by atoms with E-state index < -0.39 is 0 Å². The van der Waals surface area contributed by atoms with E-state index in [0.29, 0.717) is 0 Å². The van der Waals surface area contributed by atoms with Crippen LogP contribution in [0.5, 0.6) is 0 Å². The van der Waals surface area contributed by atoms with E-state index in [1.165, 1.54) is 32.4 Å². The molecule has 2 atom stereocenters. The summed E-state index contributed by atoms with van der Waals surface area (Å²) in [5.41, 5.74) is 5.68. The smallest absolute Gasteiger partial charge is 0.00644 e. The van der Waals surface area contributed by atoms with E-state index in [-0.39, 0.29) is 0 Å². The van der Waals surface area contributed by atoms with Gasteiger partial charge < -0.3 is 10.6 Å². The third-order valence-electron chi connectivity index (χ3n) is 3.10. The molecular formula is C10H22N2. The van der Waals surface area contributed by atoms with E-state index in [0.717, 1.165) is 18.5 Å². The number of hydrogen-bond acceptors (Lipinski definition) is 2. The predicted molar refractivity (Wildman–Crippen MR) is 53.1 cm³/mol. The van der Waals surface area contributed by atoms with Gasteiger partial charge in [-0.25, -0.2) is 0 Å². The van der Waals surface area contributed by atoms with E-state index >= 15 is 0 Å². The fraction of sp³-hybridized carbons (Fsp3) is 1.00. The summed E-state index contributed by atoms with van der Waals surface area (Å²) in [5.74, 6) is 0.757. The van der Waals surface area contributed by atoms with Crippen molar-refractivity contribution in [1.82, 2.24) is 4.90 Å². The molecule has 0 aromatic carbocycles. The summed E-state index contributed by atoms with van der Waals surface area (Å²) in [7, 11) is 0. The summed E-state index contributed by atoms with van der Waals surface area (Å²) >= 11 is 0. The number of rotatable bonds is 3. The fourth-order valence-electron chi connectivity index (χ4n) is 1.95. The first-order valence-electron chi connectivity index (χ1n) is 5.22. The highest BCUT2D eigenvalue weighted by atomic mass is 15.2. The molecule has 0 aliphatic carbocycles. The van der Waals surface area contributed by atoms with Gasteiger partial charge in [0, 0.05) is 12.6 Å². The standard InChI is InChI=1S/C10H22N2/c1-3-9(2)12-6-4-5-10(7-11)8-12/h9-10H,3-8,11H2,1-2H3. The Kier molecular flexibility index (Phi) is 4.02. The van der Waals surface area contributed by atoms with Crippen LogP contribution in [0.4, 0.5) is 0 Å². The Hall–Kier alpha value is -0.0800. The van der Waals surface area contributed by atoms with Crippen molar-refractivity contribution in [3.05, 3.63) is 0 Å². The second-order valence-corrected chi connectivity index (χ2v) is 4.00. The highest BCUT2D eigenvalue weighted by molar-refractivity contribution is 4.76.